The smallest absolute Gasteiger partial charge is 0.251 e. The molecule has 0 saturated carbocycles. The van der Waals surface area contributed by atoms with Crippen LogP contribution in [0, 0.1) is 0 Å². The number of amides is 1. The summed E-state index contributed by atoms with van der Waals surface area (Å²) in [6, 6.07) is 18.3. The molecule has 0 unspecified atom stereocenters. The van der Waals surface area contributed by atoms with Crippen molar-refractivity contribution < 1.29 is 4.79 Å². The van der Waals surface area contributed by atoms with E-state index in [0.717, 1.165) is 30.9 Å². The summed E-state index contributed by atoms with van der Waals surface area (Å²) in [5.41, 5.74) is 3.10. The molecule has 0 heterocycles. The van der Waals surface area contributed by atoms with E-state index in [1.54, 1.807) is 14.1 Å². The molecule has 0 aromatic heterocycles. The number of halogens is 1. The number of nitrogens with one attached hydrogen (secondary N) is 3. The fourth-order valence-corrected chi connectivity index (χ4v) is 3.43. The Bertz CT molecular complexity index is 788. The van der Waals surface area contributed by atoms with E-state index in [-0.39, 0.29) is 35.3 Å². The quantitative estimate of drug-likeness (QED) is 0.286. The van der Waals surface area contributed by atoms with Crippen molar-refractivity contribution in [3.8, 4) is 0 Å². The molecule has 0 spiro atoms. The highest BCUT2D eigenvalue weighted by molar-refractivity contribution is 14.0. The standard InChI is InChI=1S/C23H32N4O.HI/c1-5-23(6-2,20-13-8-7-9-14-20)17-27-22(25-4)26-16-18-11-10-12-19(15-18)21(28)24-3;/h7-15H,5-6,16-17H2,1-4H3,(H,24,28)(H2,25,26,27);1H. The molecule has 0 aliphatic rings. The largest absolute Gasteiger partial charge is 0.356 e. The number of rotatable bonds is 8. The number of hydrogen-bond acceptors (Lipinski definition) is 2. The number of nitrogens with zero attached hydrogens (tertiary/aromatic N) is 1. The molecule has 6 heteroatoms. The maximum Gasteiger partial charge on any atom is 0.251 e. The Hall–Kier alpha value is -2.09. The first-order valence-electron chi connectivity index (χ1n) is 9.89. The molecule has 2 aromatic carbocycles. The van der Waals surface area contributed by atoms with Crippen molar-refractivity contribution in [2.45, 2.75) is 38.6 Å². The van der Waals surface area contributed by atoms with Crippen molar-refractivity contribution in [3.05, 3.63) is 71.3 Å². The van der Waals surface area contributed by atoms with Crippen LogP contribution in [-0.4, -0.2) is 32.5 Å². The normalized spacial score (nSPS) is 11.4. The minimum absolute atomic E-state index is 0. The SMILES string of the molecule is CCC(CC)(CNC(=NC)NCc1cccc(C(=O)NC)c1)c1ccccc1.I. The third-order valence-electron chi connectivity index (χ3n) is 5.43. The second-order valence-corrected chi connectivity index (χ2v) is 6.91. The molecular weight excluding hydrogens is 475 g/mol. The zero-order valence-corrected chi connectivity index (χ0v) is 20.1. The van der Waals surface area contributed by atoms with Crippen molar-refractivity contribution in [1.29, 1.82) is 0 Å². The van der Waals surface area contributed by atoms with Crippen molar-refractivity contribution in [2.75, 3.05) is 20.6 Å². The molecule has 5 nitrogen and oxygen atoms in total. The molecule has 0 atom stereocenters. The maximum atomic E-state index is 11.8. The van der Waals surface area contributed by atoms with Gasteiger partial charge in [-0.15, -0.1) is 24.0 Å². The van der Waals surface area contributed by atoms with Crippen molar-refractivity contribution in [1.82, 2.24) is 16.0 Å². The van der Waals surface area contributed by atoms with Crippen LogP contribution in [0.5, 0.6) is 0 Å². The van der Waals surface area contributed by atoms with Crippen LogP contribution in [-0.2, 0) is 12.0 Å². The van der Waals surface area contributed by atoms with Crippen LogP contribution >= 0.6 is 24.0 Å². The molecule has 29 heavy (non-hydrogen) atoms. The molecule has 0 aliphatic heterocycles. The van der Waals surface area contributed by atoms with E-state index < -0.39 is 0 Å². The topological polar surface area (TPSA) is 65.5 Å². The predicted octanol–water partition coefficient (Wildman–Crippen LogP) is 4.09. The highest BCUT2D eigenvalue weighted by Gasteiger charge is 2.28. The lowest BCUT2D eigenvalue weighted by Gasteiger charge is -2.33. The van der Waals surface area contributed by atoms with E-state index in [1.165, 1.54) is 5.56 Å². The van der Waals surface area contributed by atoms with Crippen LogP contribution in [0.2, 0.25) is 0 Å². The van der Waals surface area contributed by atoms with Crippen LogP contribution in [0.15, 0.2) is 59.6 Å². The van der Waals surface area contributed by atoms with E-state index in [1.807, 2.05) is 24.3 Å². The van der Waals surface area contributed by atoms with Crippen molar-refractivity contribution in [2.24, 2.45) is 4.99 Å². The summed E-state index contributed by atoms with van der Waals surface area (Å²) in [6.07, 6.45) is 2.09. The van der Waals surface area contributed by atoms with Gasteiger partial charge < -0.3 is 16.0 Å². The molecular formula is C23H33IN4O. The number of aliphatic imine (C=N–C) groups is 1. The zero-order chi connectivity index (χ0) is 20.4. The molecule has 0 bridgehead atoms. The Morgan fingerprint density at radius 2 is 1.69 bits per heavy atom. The van der Waals surface area contributed by atoms with Crippen LogP contribution in [0.4, 0.5) is 0 Å². The van der Waals surface area contributed by atoms with Gasteiger partial charge in [-0.05, 0) is 36.1 Å². The minimum atomic E-state index is -0.0807. The molecule has 0 aliphatic carbocycles. The highest BCUT2D eigenvalue weighted by atomic mass is 127. The van der Waals surface area contributed by atoms with Gasteiger partial charge in [0.25, 0.3) is 5.91 Å². The number of hydrogen-bond donors (Lipinski definition) is 3. The number of guanidine groups is 1. The lowest BCUT2D eigenvalue weighted by atomic mass is 9.76. The fraction of sp³-hybridized carbons (Fsp3) is 0.391. The summed E-state index contributed by atoms with van der Waals surface area (Å²) >= 11 is 0. The molecule has 0 radical (unpaired) electrons. The average molecular weight is 508 g/mol. The van der Waals surface area contributed by atoms with E-state index in [2.05, 4.69) is 65.1 Å². The van der Waals surface area contributed by atoms with Gasteiger partial charge in [0.1, 0.15) is 0 Å². The number of benzene rings is 2. The molecule has 0 fully saturated rings. The van der Waals surface area contributed by atoms with Crippen molar-refractivity contribution >= 4 is 35.8 Å². The van der Waals surface area contributed by atoms with Gasteiger partial charge in [-0.3, -0.25) is 9.79 Å². The zero-order valence-electron chi connectivity index (χ0n) is 17.8. The van der Waals surface area contributed by atoms with Crippen LogP contribution in [0.1, 0.15) is 48.2 Å². The summed E-state index contributed by atoms with van der Waals surface area (Å²) in [5.74, 6) is 0.676. The van der Waals surface area contributed by atoms with Gasteiger partial charge in [0, 0.05) is 38.2 Å². The first-order chi connectivity index (χ1) is 13.6. The minimum Gasteiger partial charge on any atom is -0.356 e. The summed E-state index contributed by atoms with van der Waals surface area (Å²) in [4.78, 5) is 16.2. The molecule has 2 rings (SSSR count). The van der Waals surface area contributed by atoms with E-state index in [4.69, 9.17) is 0 Å². The lowest BCUT2D eigenvalue weighted by molar-refractivity contribution is 0.0963. The monoisotopic (exact) mass is 508 g/mol. The third-order valence-corrected chi connectivity index (χ3v) is 5.43. The third kappa shape index (κ3) is 6.73. The fourth-order valence-electron chi connectivity index (χ4n) is 3.43. The van der Waals surface area contributed by atoms with Crippen molar-refractivity contribution in [3.63, 3.8) is 0 Å². The highest BCUT2D eigenvalue weighted by Crippen LogP contribution is 2.30. The van der Waals surface area contributed by atoms with Gasteiger partial charge in [0.15, 0.2) is 5.96 Å². The molecule has 3 N–H and O–H groups in total. The van der Waals surface area contributed by atoms with Gasteiger partial charge in [0.05, 0.1) is 0 Å². The number of carbonyl (C=O) groups is 1. The lowest BCUT2D eigenvalue weighted by Crippen LogP contribution is -2.45. The summed E-state index contributed by atoms with van der Waals surface area (Å²) in [5, 5.41) is 9.49. The Morgan fingerprint density at radius 3 is 2.28 bits per heavy atom. The van der Waals surface area contributed by atoms with E-state index in [9.17, 15) is 4.79 Å². The Morgan fingerprint density at radius 1 is 1.00 bits per heavy atom. The van der Waals surface area contributed by atoms with Gasteiger partial charge in [-0.2, -0.15) is 0 Å². The molecule has 0 saturated heterocycles. The van der Waals surface area contributed by atoms with Crippen LogP contribution in [0.3, 0.4) is 0 Å². The summed E-state index contributed by atoms with van der Waals surface area (Å²) < 4.78 is 0. The first-order valence-corrected chi connectivity index (χ1v) is 9.89. The second-order valence-electron chi connectivity index (χ2n) is 6.91. The molecule has 1 amide bonds. The van der Waals surface area contributed by atoms with Gasteiger partial charge >= 0.3 is 0 Å². The van der Waals surface area contributed by atoms with Gasteiger partial charge in [-0.25, -0.2) is 0 Å². The Kier molecular flexibility index (Phi) is 10.7. The van der Waals surface area contributed by atoms with E-state index >= 15 is 0 Å². The molecule has 2 aromatic rings. The van der Waals surface area contributed by atoms with Gasteiger partial charge in [-0.1, -0.05) is 56.3 Å². The second kappa shape index (κ2) is 12.5. The predicted molar refractivity (Wildman–Crippen MR) is 132 cm³/mol. The number of carbonyl (C=O) groups excluding carboxylic acids is 1. The Labute approximate surface area is 191 Å². The molecule has 158 valence electrons. The van der Waals surface area contributed by atoms with Crippen LogP contribution < -0.4 is 16.0 Å². The first kappa shape index (κ1) is 24.9. The summed E-state index contributed by atoms with van der Waals surface area (Å²) in [7, 11) is 3.41. The van der Waals surface area contributed by atoms with Gasteiger partial charge in [0.2, 0.25) is 0 Å². The van der Waals surface area contributed by atoms with Crippen LogP contribution in [0.25, 0.3) is 0 Å². The average Bonchev–Trinajstić information content (AvgIpc) is 2.77. The maximum absolute atomic E-state index is 11.8. The summed E-state index contributed by atoms with van der Waals surface area (Å²) in [6.45, 7) is 5.88. The Balaban J connectivity index is 0.00000420. The van der Waals surface area contributed by atoms with E-state index in [0.29, 0.717) is 12.1 Å².